The molecule has 0 atom stereocenters. The molecule has 1 aliphatic rings. The predicted octanol–water partition coefficient (Wildman–Crippen LogP) is 3.95. The van der Waals surface area contributed by atoms with Crippen LogP contribution in [-0.4, -0.2) is 81.4 Å². The number of hydrogen-bond donors (Lipinski definition) is 3. The van der Waals surface area contributed by atoms with Crippen LogP contribution in [0.4, 0.5) is 24.5 Å². The molecule has 2 heterocycles. The van der Waals surface area contributed by atoms with Gasteiger partial charge in [0.1, 0.15) is 17.2 Å². The first-order valence-corrected chi connectivity index (χ1v) is 14.8. The number of aliphatic hydroxyl groups is 1. The van der Waals surface area contributed by atoms with Crippen LogP contribution in [0.5, 0.6) is 5.75 Å². The number of alkyl halides is 3. The molecule has 1 aromatic heterocycles. The first-order valence-electron chi connectivity index (χ1n) is 12.9. The number of aliphatic hydroxyl groups excluding tert-OH is 1. The number of piperidine rings is 1. The van der Waals surface area contributed by atoms with Gasteiger partial charge in [0.2, 0.25) is 0 Å². The Labute approximate surface area is 232 Å². The third-order valence-corrected chi connectivity index (χ3v) is 7.94. The summed E-state index contributed by atoms with van der Waals surface area (Å²) >= 11 is 0. The van der Waals surface area contributed by atoms with E-state index in [1.165, 1.54) is 23.8 Å². The van der Waals surface area contributed by atoms with Crippen LogP contribution in [0, 0.1) is 11.8 Å². The number of fused-ring (bicyclic) bond motifs is 1. The topological polar surface area (TPSA) is 95.8 Å². The molecule has 3 N–H and O–H groups in total. The number of aromatic nitrogens is 1. The highest BCUT2D eigenvalue weighted by Crippen LogP contribution is 2.31. The molecule has 0 aliphatic carbocycles. The van der Waals surface area contributed by atoms with E-state index in [9.17, 15) is 21.6 Å². The van der Waals surface area contributed by atoms with Crippen molar-refractivity contribution in [3.8, 4) is 17.6 Å². The number of ether oxygens (including phenoxy) is 1. The monoisotopic (exact) mass is 578 g/mol. The molecule has 4 rings (SSSR count). The van der Waals surface area contributed by atoms with Crippen LogP contribution in [0.25, 0.3) is 10.9 Å². The van der Waals surface area contributed by atoms with Crippen molar-refractivity contribution in [2.24, 2.45) is 0 Å². The molecule has 0 amide bonds. The molecule has 0 bridgehead atoms. The Balaban J connectivity index is 1.55. The Morgan fingerprint density at radius 1 is 1.15 bits per heavy atom. The Kier molecular flexibility index (Phi) is 9.18. The van der Waals surface area contributed by atoms with Crippen molar-refractivity contribution in [1.82, 2.24) is 9.47 Å². The number of sulfone groups is 1. The molecule has 3 aromatic rings. The van der Waals surface area contributed by atoms with Crippen molar-refractivity contribution in [3.63, 3.8) is 0 Å². The molecule has 1 fully saturated rings. The maximum Gasteiger partial charge on any atom is 0.406 e. The Morgan fingerprint density at radius 2 is 1.90 bits per heavy atom. The second kappa shape index (κ2) is 12.4. The van der Waals surface area contributed by atoms with Gasteiger partial charge in [-0.3, -0.25) is 0 Å². The maximum absolute atomic E-state index is 13.5. The number of likely N-dealkylation sites (tertiary alicyclic amines) is 1. The quantitative estimate of drug-likeness (QED) is 0.331. The molecule has 12 heteroatoms. The zero-order chi connectivity index (χ0) is 28.9. The minimum Gasteiger partial charge on any atom is -0.495 e. The van der Waals surface area contributed by atoms with Crippen molar-refractivity contribution in [1.29, 1.82) is 0 Å². The highest BCUT2D eigenvalue weighted by atomic mass is 32.2. The van der Waals surface area contributed by atoms with E-state index in [0.717, 1.165) is 37.9 Å². The fraction of sp³-hybridized carbons (Fsp3) is 0.429. The van der Waals surface area contributed by atoms with Gasteiger partial charge in [0.25, 0.3) is 0 Å². The number of β-amino-alcohol motifs (C(OH)–C–C–N with tert-alkyl or cyclic N) is 1. The zero-order valence-electron chi connectivity index (χ0n) is 22.4. The largest absolute Gasteiger partial charge is 0.495 e. The van der Waals surface area contributed by atoms with Gasteiger partial charge in [-0.15, -0.1) is 0 Å². The van der Waals surface area contributed by atoms with Gasteiger partial charge in [0, 0.05) is 54.8 Å². The lowest BCUT2D eigenvalue weighted by Crippen LogP contribution is -2.40. The standard InChI is InChI=1S/C28H33F3N4O4S/c1-39-26-17-21(8-9-27(26)40(2,37)38)32-12-4-5-22-18-23-24(33-20-10-13-34(14-11-20)15-16-36)6-3-7-25(23)35(22)19-28(29,30)31/h3,6-9,17-18,20,32-33,36H,10-16,19H2,1-2H3. The number of halogens is 3. The van der Waals surface area contributed by atoms with E-state index in [0.29, 0.717) is 23.1 Å². The number of nitrogens with zero attached hydrogens (tertiary/aromatic N) is 2. The van der Waals surface area contributed by atoms with Gasteiger partial charge < -0.3 is 29.9 Å². The fourth-order valence-corrected chi connectivity index (χ4v) is 5.71. The zero-order valence-corrected chi connectivity index (χ0v) is 23.2. The summed E-state index contributed by atoms with van der Waals surface area (Å²) in [5.41, 5.74) is 2.01. The summed E-state index contributed by atoms with van der Waals surface area (Å²) in [4.78, 5) is 2.25. The van der Waals surface area contributed by atoms with Crippen molar-refractivity contribution in [2.45, 2.75) is 36.5 Å². The van der Waals surface area contributed by atoms with Crippen LogP contribution in [0.2, 0.25) is 0 Å². The molecular weight excluding hydrogens is 545 g/mol. The molecule has 0 unspecified atom stereocenters. The van der Waals surface area contributed by atoms with Crippen LogP contribution >= 0.6 is 0 Å². The van der Waals surface area contributed by atoms with Crippen LogP contribution < -0.4 is 15.4 Å². The Morgan fingerprint density at radius 3 is 2.55 bits per heavy atom. The molecule has 40 heavy (non-hydrogen) atoms. The fourth-order valence-electron chi connectivity index (χ4n) is 4.89. The second-order valence-electron chi connectivity index (χ2n) is 9.75. The first kappa shape index (κ1) is 29.6. The van der Waals surface area contributed by atoms with Crippen molar-refractivity contribution >= 4 is 32.1 Å². The van der Waals surface area contributed by atoms with Gasteiger partial charge in [-0.25, -0.2) is 8.42 Å². The number of nitrogens with one attached hydrogen (secondary N) is 2. The van der Waals surface area contributed by atoms with E-state index in [1.54, 1.807) is 24.3 Å². The van der Waals surface area contributed by atoms with Gasteiger partial charge in [0.15, 0.2) is 9.84 Å². The third-order valence-electron chi connectivity index (χ3n) is 6.81. The summed E-state index contributed by atoms with van der Waals surface area (Å²) in [5.74, 6) is 5.94. The molecular formula is C28H33F3N4O4S. The Bertz CT molecular complexity index is 1500. The van der Waals surface area contributed by atoms with Gasteiger partial charge in [0.05, 0.1) is 31.5 Å². The van der Waals surface area contributed by atoms with E-state index in [4.69, 9.17) is 9.84 Å². The average molecular weight is 579 g/mol. The number of hydrogen-bond acceptors (Lipinski definition) is 7. The van der Waals surface area contributed by atoms with Crippen molar-refractivity contribution < 1.29 is 31.4 Å². The molecule has 1 aliphatic heterocycles. The molecule has 0 spiro atoms. The highest BCUT2D eigenvalue weighted by Gasteiger charge is 2.30. The van der Waals surface area contributed by atoms with Gasteiger partial charge in [-0.05, 0) is 49.1 Å². The summed E-state index contributed by atoms with van der Waals surface area (Å²) < 4.78 is 70.7. The minimum absolute atomic E-state index is 0.0587. The second-order valence-corrected chi connectivity index (χ2v) is 11.7. The molecule has 0 radical (unpaired) electrons. The number of anilines is 2. The average Bonchev–Trinajstić information content (AvgIpc) is 3.24. The Hall–Kier alpha value is -3.40. The van der Waals surface area contributed by atoms with Crippen molar-refractivity contribution in [3.05, 3.63) is 48.2 Å². The first-order chi connectivity index (χ1) is 19.0. The lowest BCUT2D eigenvalue weighted by atomic mass is 10.0. The summed E-state index contributed by atoms with van der Waals surface area (Å²) in [7, 11) is -2.09. The number of benzene rings is 2. The van der Waals surface area contributed by atoms with E-state index in [2.05, 4.69) is 27.4 Å². The molecule has 0 saturated carbocycles. The highest BCUT2D eigenvalue weighted by molar-refractivity contribution is 7.90. The third kappa shape index (κ3) is 7.41. The summed E-state index contributed by atoms with van der Waals surface area (Å²) in [6, 6.07) is 11.7. The van der Waals surface area contributed by atoms with Crippen LogP contribution in [0.3, 0.4) is 0 Å². The van der Waals surface area contributed by atoms with Gasteiger partial charge in [-0.1, -0.05) is 12.0 Å². The van der Waals surface area contributed by atoms with E-state index in [-0.39, 0.29) is 35.5 Å². The van der Waals surface area contributed by atoms with Crippen molar-refractivity contribution in [2.75, 3.05) is 56.8 Å². The number of rotatable bonds is 9. The molecule has 2 aromatic carbocycles. The minimum atomic E-state index is -4.43. The molecule has 1 saturated heterocycles. The van der Waals surface area contributed by atoms with Gasteiger partial charge in [-0.2, -0.15) is 13.2 Å². The van der Waals surface area contributed by atoms with Gasteiger partial charge >= 0.3 is 6.18 Å². The number of methoxy groups -OCH3 is 1. The molecule has 8 nitrogen and oxygen atoms in total. The summed E-state index contributed by atoms with van der Waals surface area (Å²) in [6.45, 7) is 1.39. The summed E-state index contributed by atoms with van der Waals surface area (Å²) in [5, 5.41) is 16.4. The maximum atomic E-state index is 13.5. The van der Waals surface area contributed by atoms with Crippen LogP contribution in [-0.2, 0) is 16.4 Å². The van der Waals surface area contributed by atoms with E-state index < -0.39 is 22.6 Å². The van der Waals surface area contributed by atoms with E-state index in [1.807, 2.05) is 6.07 Å². The van der Waals surface area contributed by atoms with Crippen LogP contribution in [0.1, 0.15) is 18.5 Å². The smallest absolute Gasteiger partial charge is 0.406 e. The SMILES string of the molecule is COc1cc(NCC#Cc2cc3c(NC4CCN(CCO)CC4)cccc3n2CC(F)(F)F)ccc1S(C)(=O)=O. The van der Waals surface area contributed by atoms with E-state index >= 15 is 0 Å². The predicted molar refractivity (Wildman–Crippen MR) is 150 cm³/mol. The summed E-state index contributed by atoms with van der Waals surface area (Å²) in [6.07, 6.45) is -1.60. The molecule has 216 valence electrons. The lowest BCUT2D eigenvalue weighted by Gasteiger charge is -2.32. The van der Waals surface area contributed by atoms with Crippen LogP contribution in [0.15, 0.2) is 47.4 Å². The normalized spacial score (nSPS) is 15.1. The lowest BCUT2D eigenvalue weighted by molar-refractivity contribution is -0.140.